The first kappa shape index (κ1) is 25.3. The molecule has 0 unspecified atom stereocenters. The maximum absolute atomic E-state index is 15.7. The van der Waals surface area contributed by atoms with E-state index in [9.17, 15) is 4.79 Å². The molecule has 1 saturated heterocycles. The van der Waals surface area contributed by atoms with E-state index in [0.29, 0.717) is 12.1 Å². The second kappa shape index (κ2) is 11.0. The van der Waals surface area contributed by atoms with Crippen molar-refractivity contribution in [2.75, 3.05) is 32.7 Å². The Balaban J connectivity index is 1.25. The highest BCUT2D eigenvalue weighted by Gasteiger charge is 2.44. The number of H-pyrrole nitrogens is 1. The number of hydrogen-bond donors (Lipinski definition) is 1. The number of benzene rings is 4. The average molecular weight is 521 g/mol. The monoisotopic (exact) mass is 520 g/mol. The summed E-state index contributed by atoms with van der Waals surface area (Å²) in [6.07, 6.45) is 0.886. The summed E-state index contributed by atoms with van der Waals surface area (Å²) < 4.78 is 17.5. The van der Waals surface area contributed by atoms with Gasteiger partial charge >= 0.3 is 5.69 Å². The maximum Gasteiger partial charge on any atom is 0.326 e. The van der Waals surface area contributed by atoms with Crippen LogP contribution in [0.15, 0.2) is 114 Å². The van der Waals surface area contributed by atoms with E-state index in [4.69, 9.17) is 0 Å². The summed E-state index contributed by atoms with van der Waals surface area (Å²) in [6, 6.07) is 35.7. The summed E-state index contributed by atoms with van der Waals surface area (Å²) in [4.78, 5) is 20.3. The van der Waals surface area contributed by atoms with E-state index < -0.39 is 5.54 Å². The van der Waals surface area contributed by atoms with Crippen LogP contribution in [0.2, 0.25) is 0 Å². The highest BCUT2D eigenvalue weighted by Crippen LogP contribution is 2.43. The number of aromatic amines is 1. The zero-order valence-corrected chi connectivity index (χ0v) is 22.0. The largest absolute Gasteiger partial charge is 0.326 e. The van der Waals surface area contributed by atoms with Gasteiger partial charge in [0, 0.05) is 38.3 Å². The smallest absolute Gasteiger partial charge is 0.306 e. The van der Waals surface area contributed by atoms with Crippen LogP contribution in [0.3, 0.4) is 0 Å². The van der Waals surface area contributed by atoms with Gasteiger partial charge in [0.05, 0.1) is 11.0 Å². The average Bonchev–Trinajstić information content (AvgIpc) is 3.31. The predicted molar refractivity (Wildman–Crippen MR) is 154 cm³/mol. The van der Waals surface area contributed by atoms with Crippen molar-refractivity contribution < 1.29 is 4.39 Å². The van der Waals surface area contributed by atoms with Gasteiger partial charge in [-0.25, -0.2) is 9.18 Å². The third kappa shape index (κ3) is 4.71. The molecule has 0 aliphatic carbocycles. The quantitative estimate of drug-likeness (QED) is 0.276. The number of nitrogens with zero attached hydrogens (tertiary/aromatic N) is 3. The number of nitrogens with one attached hydrogen (secondary N) is 1. The van der Waals surface area contributed by atoms with Crippen LogP contribution in [-0.2, 0) is 12.1 Å². The molecular weight excluding hydrogens is 487 g/mol. The number of aryl methyl sites for hydroxylation is 1. The first-order chi connectivity index (χ1) is 19.2. The molecule has 0 atom stereocenters. The van der Waals surface area contributed by atoms with Crippen molar-refractivity contribution in [3.8, 4) is 0 Å². The van der Waals surface area contributed by atoms with Crippen LogP contribution in [0, 0.1) is 5.82 Å². The number of aromatic nitrogens is 2. The van der Waals surface area contributed by atoms with E-state index in [1.807, 2.05) is 77.4 Å². The lowest BCUT2D eigenvalue weighted by Crippen LogP contribution is -2.57. The fourth-order valence-electron chi connectivity index (χ4n) is 6.21. The molecule has 4 aromatic carbocycles. The SMILES string of the molecule is O=c1[nH]c2ccccc2n1CCCN1CCN(C(c2ccccc2)(c2ccccc2)c2ccccc2F)CC1. The van der Waals surface area contributed by atoms with Gasteiger partial charge < -0.3 is 9.88 Å². The van der Waals surface area contributed by atoms with Gasteiger partial charge in [0.15, 0.2) is 0 Å². The molecule has 1 aliphatic rings. The Kier molecular flexibility index (Phi) is 7.14. The summed E-state index contributed by atoms with van der Waals surface area (Å²) in [5.74, 6) is -0.197. The number of piperazine rings is 1. The fraction of sp³-hybridized carbons (Fsp3) is 0.242. The third-order valence-corrected chi connectivity index (χ3v) is 8.03. The van der Waals surface area contributed by atoms with E-state index in [1.165, 1.54) is 0 Å². The van der Waals surface area contributed by atoms with Gasteiger partial charge in [0.1, 0.15) is 11.4 Å². The van der Waals surface area contributed by atoms with Gasteiger partial charge in [-0.2, -0.15) is 0 Å². The van der Waals surface area contributed by atoms with E-state index in [0.717, 1.165) is 61.3 Å². The number of fused-ring (bicyclic) bond motifs is 1. The number of para-hydroxylation sites is 2. The third-order valence-electron chi connectivity index (χ3n) is 8.03. The molecule has 0 bridgehead atoms. The minimum absolute atomic E-state index is 0.0542. The van der Waals surface area contributed by atoms with Crippen LogP contribution in [-0.4, -0.2) is 52.1 Å². The van der Waals surface area contributed by atoms with Crippen molar-refractivity contribution in [3.63, 3.8) is 0 Å². The predicted octanol–water partition coefficient (Wildman–Crippen LogP) is 5.47. The van der Waals surface area contributed by atoms with Gasteiger partial charge in [-0.05, 0) is 42.3 Å². The lowest BCUT2D eigenvalue weighted by molar-refractivity contribution is 0.0702. The Hall–Kier alpha value is -4.00. The van der Waals surface area contributed by atoms with Crippen molar-refractivity contribution in [1.82, 2.24) is 19.4 Å². The normalized spacial score (nSPS) is 15.1. The summed E-state index contributed by atoms with van der Waals surface area (Å²) in [6.45, 7) is 4.92. The minimum atomic E-state index is -0.739. The first-order valence-electron chi connectivity index (χ1n) is 13.7. The number of rotatable bonds is 8. The molecule has 5 aromatic rings. The molecule has 0 saturated carbocycles. The van der Waals surface area contributed by atoms with Crippen LogP contribution in [0.5, 0.6) is 0 Å². The van der Waals surface area contributed by atoms with Gasteiger partial charge in [0.2, 0.25) is 0 Å². The van der Waals surface area contributed by atoms with Crippen molar-refractivity contribution >= 4 is 11.0 Å². The number of imidazole rings is 1. The molecular formula is C33H33FN4O. The first-order valence-corrected chi connectivity index (χ1v) is 13.7. The molecule has 6 rings (SSSR count). The summed E-state index contributed by atoms with van der Waals surface area (Å²) >= 11 is 0. The summed E-state index contributed by atoms with van der Waals surface area (Å²) in [5.41, 5.74) is 3.84. The fourth-order valence-corrected chi connectivity index (χ4v) is 6.21. The van der Waals surface area contributed by atoms with E-state index in [-0.39, 0.29) is 11.5 Å². The molecule has 1 aliphatic heterocycles. The molecule has 6 heteroatoms. The highest BCUT2D eigenvalue weighted by atomic mass is 19.1. The number of hydrogen-bond acceptors (Lipinski definition) is 3. The Morgan fingerprint density at radius 3 is 1.95 bits per heavy atom. The van der Waals surface area contributed by atoms with Crippen molar-refractivity contribution in [1.29, 1.82) is 0 Å². The molecule has 2 heterocycles. The van der Waals surface area contributed by atoms with Crippen LogP contribution in [0.1, 0.15) is 23.1 Å². The van der Waals surface area contributed by atoms with Gasteiger partial charge in [-0.1, -0.05) is 91.0 Å². The Labute approximate surface area is 228 Å². The molecule has 1 N–H and O–H groups in total. The zero-order valence-electron chi connectivity index (χ0n) is 22.0. The molecule has 0 radical (unpaired) electrons. The van der Waals surface area contributed by atoms with E-state index in [2.05, 4.69) is 39.0 Å². The van der Waals surface area contributed by atoms with E-state index in [1.54, 1.807) is 12.1 Å². The molecule has 1 aromatic heterocycles. The molecule has 0 amide bonds. The minimum Gasteiger partial charge on any atom is -0.306 e. The lowest BCUT2D eigenvalue weighted by Gasteiger charge is -2.49. The van der Waals surface area contributed by atoms with Crippen LogP contribution in [0.25, 0.3) is 11.0 Å². The summed E-state index contributed by atoms with van der Waals surface area (Å²) in [7, 11) is 0. The molecule has 1 fully saturated rings. The Morgan fingerprint density at radius 2 is 1.28 bits per heavy atom. The Bertz CT molecular complexity index is 1550. The molecule has 39 heavy (non-hydrogen) atoms. The second-order valence-electron chi connectivity index (χ2n) is 10.2. The van der Waals surface area contributed by atoms with Crippen LogP contribution >= 0.6 is 0 Å². The Morgan fingerprint density at radius 1 is 0.692 bits per heavy atom. The van der Waals surface area contributed by atoms with Crippen molar-refractivity contribution in [3.05, 3.63) is 142 Å². The molecule has 5 nitrogen and oxygen atoms in total. The van der Waals surface area contributed by atoms with Crippen LogP contribution < -0.4 is 5.69 Å². The summed E-state index contributed by atoms with van der Waals surface area (Å²) in [5, 5.41) is 0. The topological polar surface area (TPSA) is 44.3 Å². The van der Waals surface area contributed by atoms with Gasteiger partial charge in [-0.15, -0.1) is 0 Å². The van der Waals surface area contributed by atoms with Gasteiger partial charge in [-0.3, -0.25) is 9.47 Å². The number of halogens is 1. The van der Waals surface area contributed by atoms with Gasteiger partial charge in [0.25, 0.3) is 0 Å². The highest BCUT2D eigenvalue weighted by molar-refractivity contribution is 5.74. The van der Waals surface area contributed by atoms with E-state index >= 15 is 4.39 Å². The lowest BCUT2D eigenvalue weighted by atomic mass is 9.75. The standard InChI is InChI=1S/C33H33FN4O/c34-29-17-8-7-16-28(29)33(26-12-3-1-4-13-26,27-14-5-2-6-15-27)37-24-22-36(23-25-37)20-11-21-38-31-19-10-9-18-30(31)35-32(38)39/h1-10,12-19H,11,20-25H2,(H,35,39). The second-order valence-corrected chi connectivity index (χ2v) is 10.2. The zero-order chi connectivity index (χ0) is 26.7. The maximum atomic E-state index is 15.7. The molecule has 0 spiro atoms. The van der Waals surface area contributed by atoms with Crippen molar-refractivity contribution in [2.24, 2.45) is 0 Å². The van der Waals surface area contributed by atoms with Crippen molar-refractivity contribution in [2.45, 2.75) is 18.5 Å². The van der Waals surface area contributed by atoms with Crippen LogP contribution in [0.4, 0.5) is 4.39 Å². The molecule has 198 valence electrons.